The second-order valence-electron chi connectivity index (χ2n) is 5.22. The van der Waals surface area contributed by atoms with Crippen LogP contribution >= 0.6 is 11.3 Å². The van der Waals surface area contributed by atoms with E-state index in [2.05, 4.69) is 4.90 Å². The molecule has 0 spiro atoms. The molecule has 3 rings (SSSR count). The molecular formula is C13H17N3O2S. The van der Waals surface area contributed by atoms with Gasteiger partial charge in [-0.3, -0.25) is 9.59 Å². The average Bonchev–Trinajstić information content (AvgIpc) is 2.95. The molecule has 2 fully saturated rings. The summed E-state index contributed by atoms with van der Waals surface area (Å²) in [5.74, 6) is -0.353. The zero-order valence-electron chi connectivity index (χ0n) is 10.6. The second-order valence-corrected chi connectivity index (χ2v) is 6.22. The Labute approximate surface area is 115 Å². The highest BCUT2D eigenvalue weighted by Gasteiger charge is 2.35. The van der Waals surface area contributed by atoms with Crippen molar-refractivity contribution in [3.05, 3.63) is 10.4 Å². The lowest BCUT2D eigenvalue weighted by atomic mass is 10.1. The van der Waals surface area contributed by atoms with Crippen molar-refractivity contribution in [2.75, 3.05) is 23.7 Å². The molecule has 4 N–H and O–H groups in total. The maximum atomic E-state index is 12.2. The van der Waals surface area contributed by atoms with Crippen LogP contribution in [-0.4, -0.2) is 24.8 Å². The topological polar surface area (TPSA) is 89.4 Å². The Kier molecular flexibility index (Phi) is 2.97. The van der Waals surface area contributed by atoms with Gasteiger partial charge in [0.1, 0.15) is 5.00 Å². The van der Waals surface area contributed by atoms with Crippen LogP contribution in [0.25, 0.3) is 0 Å². The Balaban J connectivity index is 2.04. The molecule has 0 aromatic carbocycles. The van der Waals surface area contributed by atoms with E-state index in [-0.39, 0.29) is 17.4 Å². The summed E-state index contributed by atoms with van der Waals surface area (Å²) < 4.78 is 0. The largest absolute Gasteiger partial charge is 0.397 e. The first-order valence-corrected chi connectivity index (χ1v) is 7.42. The van der Waals surface area contributed by atoms with Gasteiger partial charge in [0, 0.05) is 19.0 Å². The van der Waals surface area contributed by atoms with Crippen molar-refractivity contribution >= 4 is 33.7 Å². The molecule has 0 atom stereocenters. The lowest BCUT2D eigenvalue weighted by Crippen LogP contribution is -2.22. The molecule has 6 heteroatoms. The highest BCUT2D eigenvalue weighted by molar-refractivity contribution is 7.19. The van der Waals surface area contributed by atoms with E-state index in [9.17, 15) is 9.59 Å². The predicted octanol–water partition coefficient (Wildman–Crippen LogP) is 1.62. The van der Waals surface area contributed by atoms with Gasteiger partial charge < -0.3 is 16.4 Å². The fourth-order valence-electron chi connectivity index (χ4n) is 2.53. The third-order valence-corrected chi connectivity index (χ3v) is 5.02. The Morgan fingerprint density at radius 3 is 2.37 bits per heavy atom. The lowest BCUT2D eigenvalue weighted by molar-refractivity contribution is 0.0972. The Bertz CT molecular complexity index is 542. The molecular weight excluding hydrogens is 262 g/mol. The van der Waals surface area contributed by atoms with Crippen LogP contribution in [-0.2, 0) is 0 Å². The third-order valence-electron chi connectivity index (χ3n) is 3.74. The fraction of sp³-hybridized carbons (Fsp3) is 0.538. The minimum absolute atomic E-state index is 0.0791. The molecule has 1 aromatic heterocycles. The van der Waals surface area contributed by atoms with E-state index in [0.717, 1.165) is 43.8 Å². The molecule has 2 heterocycles. The van der Waals surface area contributed by atoms with Gasteiger partial charge >= 0.3 is 0 Å². The molecule has 1 aliphatic heterocycles. The lowest BCUT2D eigenvalue weighted by Gasteiger charge is -2.16. The van der Waals surface area contributed by atoms with Gasteiger partial charge in [0.25, 0.3) is 5.91 Å². The fourth-order valence-corrected chi connectivity index (χ4v) is 3.82. The summed E-state index contributed by atoms with van der Waals surface area (Å²) in [5.41, 5.74) is 12.1. The summed E-state index contributed by atoms with van der Waals surface area (Å²) in [4.78, 5) is 26.5. The minimum Gasteiger partial charge on any atom is -0.397 e. The van der Waals surface area contributed by atoms with Crippen molar-refractivity contribution in [3.8, 4) is 0 Å². The molecule has 1 saturated carbocycles. The molecule has 0 unspecified atom stereocenters. The van der Waals surface area contributed by atoms with Gasteiger partial charge in [-0.05, 0) is 25.7 Å². The van der Waals surface area contributed by atoms with Crippen molar-refractivity contribution in [2.24, 2.45) is 11.7 Å². The summed E-state index contributed by atoms with van der Waals surface area (Å²) in [6.45, 7) is 1.80. The number of anilines is 2. The summed E-state index contributed by atoms with van der Waals surface area (Å²) >= 11 is 1.34. The van der Waals surface area contributed by atoms with Gasteiger partial charge in [0.2, 0.25) is 0 Å². The SMILES string of the molecule is NC(=O)c1c(N2CCCC2)sc(C(=O)C2CC2)c1N. The number of rotatable bonds is 4. The van der Waals surface area contributed by atoms with E-state index < -0.39 is 5.91 Å². The highest BCUT2D eigenvalue weighted by Crippen LogP contribution is 2.43. The maximum absolute atomic E-state index is 12.2. The van der Waals surface area contributed by atoms with Crippen LogP contribution in [0.3, 0.4) is 0 Å². The van der Waals surface area contributed by atoms with E-state index in [1.807, 2.05) is 0 Å². The van der Waals surface area contributed by atoms with E-state index in [0.29, 0.717) is 10.4 Å². The Morgan fingerprint density at radius 2 is 1.84 bits per heavy atom. The van der Waals surface area contributed by atoms with Gasteiger partial charge in [-0.15, -0.1) is 11.3 Å². The molecule has 0 radical (unpaired) electrons. The van der Waals surface area contributed by atoms with Crippen LogP contribution in [0.15, 0.2) is 0 Å². The van der Waals surface area contributed by atoms with Crippen LogP contribution in [0.4, 0.5) is 10.7 Å². The highest BCUT2D eigenvalue weighted by atomic mass is 32.1. The van der Waals surface area contributed by atoms with Crippen LogP contribution < -0.4 is 16.4 Å². The van der Waals surface area contributed by atoms with Crippen LogP contribution in [0, 0.1) is 5.92 Å². The number of Topliss-reactive ketones (excluding diaryl/α,β-unsaturated/α-hetero) is 1. The minimum atomic E-state index is -0.537. The van der Waals surface area contributed by atoms with Gasteiger partial charge in [-0.1, -0.05) is 0 Å². The number of hydrogen-bond donors (Lipinski definition) is 2. The van der Waals surface area contributed by atoms with Gasteiger partial charge in [0.05, 0.1) is 16.1 Å². The second kappa shape index (κ2) is 4.52. The molecule has 0 bridgehead atoms. The molecule has 2 aliphatic rings. The number of nitrogens with two attached hydrogens (primary N) is 2. The predicted molar refractivity (Wildman–Crippen MR) is 75.8 cm³/mol. The van der Waals surface area contributed by atoms with Crippen molar-refractivity contribution in [2.45, 2.75) is 25.7 Å². The van der Waals surface area contributed by atoms with E-state index in [1.54, 1.807) is 0 Å². The Hall–Kier alpha value is -1.56. The van der Waals surface area contributed by atoms with Crippen molar-refractivity contribution in [1.82, 2.24) is 0 Å². The molecule has 1 amide bonds. The number of primary amides is 1. The van der Waals surface area contributed by atoms with Crippen molar-refractivity contribution in [3.63, 3.8) is 0 Å². The Morgan fingerprint density at radius 1 is 1.21 bits per heavy atom. The van der Waals surface area contributed by atoms with E-state index in [4.69, 9.17) is 11.5 Å². The number of hydrogen-bond acceptors (Lipinski definition) is 5. The molecule has 102 valence electrons. The van der Waals surface area contributed by atoms with E-state index in [1.165, 1.54) is 11.3 Å². The van der Waals surface area contributed by atoms with Crippen molar-refractivity contribution in [1.29, 1.82) is 0 Å². The first-order chi connectivity index (χ1) is 9.09. The molecule has 19 heavy (non-hydrogen) atoms. The summed E-state index contributed by atoms with van der Waals surface area (Å²) in [5, 5.41) is 0.784. The number of nitrogen functional groups attached to an aromatic ring is 1. The first-order valence-electron chi connectivity index (χ1n) is 6.61. The number of ketones is 1. The first kappa shape index (κ1) is 12.5. The van der Waals surface area contributed by atoms with Crippen LogP contribution in [0.5, 0.6) is 0 Å². The number of carbonyl (C=O) groups excluding carboxylic acids is 2. The molecule has 5 nitrogen and oxygen atoms in total. The average molecular weight is 279 g/mol. The molecule has 1 saturated heterocycles. The zero-order chi connectivity index (χ0) is 13.6. The summed E-state index contributed by atoms with van der Waals surface area (Å²) in [7, 11) is 0. The smallest absolute Gasteiger partial charge is 0.253 e. The summed E-state index contributed by atoms with van der Waals surface area (Å²) in [6.07, 6.45) is 4.06. The quantitative estimate of drug-likeness (QED) is 0.820. The molecule has 1 aromatic rings. The number of thiophene rings is 1. The molecule has 1 aliphatic carbocycles. The third kappa shape index (κ3) is 2.10. The van der Waals surface area contributed by atoms with E-state index >= 15 is 0 Å². The maximum Gasteiger partial charge on any atom is 0.253 e. The standard InChI is InChI=1S/C13H17N3O2S/c14-9-8(12(15)18)13(16-5-1-2-6-16)19-11(9)10(17)7-3-4-7/h7H,1-6,14H2,(H2,15,18). The van der Waals surface area contributed by atoms with Gasteiger partial charge in [-0.25, -0.2) is 0 Å². The number of carbonyl (C=O) groups is 2. The monoisotopic (exact) mass is 279 g/mol. The van der Waals surface area contributed by atoms with Gasteiger partial charge in [-0.2, -0.15) is 0 Å². The van der Waals surface area contributed by atoms with Crippen LogP contribution in [0.1, 0.15) is 45.7 Å². The van der Waals surface area contributed by atoms with Crippen LogP contribution in [0.2, 0.25) is 0 Å². The van der Waals surface area contributed by atoms with Crippen molar-refractivity contribution < 1.29 is 9.59 Å². The number of nitrogens with zero attached hydrogens (tertiary/aromatic N) is 1. The van der Waals surface area contributed by atoms with Gasteiger partial charge in [0.15, 0.2) is 5.78 Å². The summed E-state index contributed by atoms with van der Waals surface area (Å²) in [6, 6.07) is 0. The number of amides is 1. The zero-order valence-corrected chi connectivity index (χ0v) is 11.5. The normalized spacial score (nSPS) is 18.8.